The first-order chi connectivity index (χ1) is 12.5. The number of nitrogens with one attached hydrogen (secondary N) is 2. The van der Waals surface area contributed by atoms with E-state index in [9.17, 15) is 8.42 Å². The van der Waals surface area contributed by atoms with Gasteiger partial charge in [0.05, 0.1) is 17.2 Å². The van der Waals surface area contributed by atoms with Crippen LogP contribution in [0.25, 0.3) is 0 Å². The molecule has 0 heterocycles. The summed E-state index contributed by atoms with van der Waals surface area (Å²) in [6.45, 7) is 2.39. The topological polar surface area (TPSA) is 127 Å². The first-order valence-corrected chi connectivity index (χ1v) is 8.96. The summed E-state index contributed by atoms with van der Waals surface area (Å²) in [5.74, 6) is 0.653. The number of sulfonamides is 1. The molecular formula is C17H15N5O3S. The van der Waals surface area contributed by atoms with E-state index in [1.54, 1.807) is 36.4 Å². The van der Waals surface area contributed by atoms with Crippen LogP contribution < -0.4 is 14.9 Å². The molecule has 132 valence electrons. The Kier molecular flexibility index (Phi) is 6.15. The zero-order valence-corrected chi connectivity index (χ0v) is 14.6. The second kappa shape index (κ2) is 8.51. The van der Waals surface area contributed by atoms with Crippen LogP contribution in [0.2, 0.25) is 0 Å². The molecule has 0 amide bonds. The highest BCUT2D eigenvalue weighted by Crippen LogP contribution is 2.20. The van der Waals surface area contributed by atoms with Gasteiger partial charge in [0.25, 0.3) is 10.0 Å². The number of nitrogens with zero attached hydrogens (tertiary/aromatic N) is 3. The summed E-state index contributed by atoms with van der Waals surface area (Å²) in [6, 6.07) is 15.5. The highest BCUT2D eigenvalue weighted by atomic mass is 32.2. The van der Waals surface area contributed by atoms with Crippen LogP contribution in [-0.2, 0) is 10.0 Å². The van der Waals surface area contributed by atoms with Crippen molar-refractivity contribution in [2.24, 2.45) is 5.10 Å². The fourth-order valence-electron chi connectivity index (χ4n) is 1.90. The van der Waals surface area contributed by atoms with Crippen molar-refractivity contribution in [2.45, 2.75) is 11.8 Å². The average Bonchev–Trinajstić information content (AvgIpc) is 2.64. The van der Waals surface area contributed by atoms with Crippen molar-refractivity contribution in [3.05, 3.63) is 48.5 Å². The van der Waals surface area contributed by atoms with E-state index in [0.717, 1.165) is 0 Å². The minimum absolute atomic E-state index is 0.0571. The normalized spacial score (nSPS) is 10.1. The van der Waals surface area contributed by atoms with Crippen LogP contribution in [0.1, 0.15) is 6.92 Å². The smallest absolute Gasteiger partial charge is 0.261 e. The Bertz CT molecular complexity index is 953. The van der Waals surface area contributed by atoms with Crippen LogP contribution in [-0.4, -0.2) is 20.7 Å². The Balaban J connectivity index is 2.10. The van der Waals surface area contributed by atoms with Crippen LogP contribution in [0, 0.1) is 22.7 Å². The summed E-state index contributed by atoms with van der Waals surface area (Å²) < 4.78 is 32.6. The molecule has 2 aromatic carbocycles. The predicted molar refractivity (Wildman–Crippen MR) is 97.1 cm³/mol. The van der Waals surface area contributed by atoms with Crippen molar-refractivity contribution < 1.29 is 13.2 Å². The molecule has 0 aliphatic carbocycles. The number of hydrogen-bond donors (Lipinski definition) is 2. The van der Waals surface area contributed by atoms with Gasteiger partial charge in [-0.15, -0.1) is 0 Å². The monoisotopic (exact) mass is 369 g/mol. The maximum absolute atomic E-state index is 12.4. The third-order valence-electron chi connectivity index (χ3n) is 3.09. The molecule has 0 unspecified atom stereocenters. The molecule has 0 spiro atoms. The van der Waals surface area contributed by atoms with Crippen molar-refractivity contribution >= 4 is 27.1 Å². The predicted octanol–water partition coefficient (Wildman–Crippen LogP) is 2.70. The first-order valence-electron chi connectivity index (χ1n) is 7.48. The third-order valence-corrected chi connectivity index (χ3v) is 4.49. The van der Waals surface area contributed by atoms with Gasteiger partial charge in [0.2, 0.25) is 5.71 Å². The van der Waals surface area contributed by atoms with E-state index < -0.39 is 10.0 Å². The summed E-state index contributed by atoms with van der Waals surface area (Å²) in [7, 11) is -3.75. The Hall–Kier alpha value is -3.56. The highest BCUT2D eigenvalue weighted by molar-refractivity contribution is 7.92. The quantitative estimate of drug-likeness (QED) is 0.570. The SMILES string of the molecule is CCOc1ccc(NS(=O)(=O)c2ccc(NN=C(C#N)C#N)cc2)cc1. The lowest BCUT2D eigenvalue weighted by molar-refractivity contribution is 0.340. The van der Waals surface area contributed by atoms with Gasteiger partial charge in [0, 0.05) is 5.69 Å². The van der Waals surface area contributed by atoms with Crippen molar-refractivity contribution in [1.29, 1.82) is 10.5 Å². The van der Waals surface area contributed by atoms with E-state index in [2.05, 4.69) is 15.2 Å². The van der Waals surface area contributed by atoms with Crippen LogP contribution >= 0.6 is 0 Å². The molecule has 0 saturated heterocycles. The zero-order valence-electron chi connectivity index (χ0n) is 13.8. The molecule has 0 aliphatic rings. The van der Waals surface area contributed by atoms with Crippen LogP contribution in [0.3, 0.4) is 0 Å². The molecular weight excluding hydrogens is 354 g/mol. The standard InChI is InChI=1S/C17H15N5O3S/c1-2-25-16-7-3-14(4-8-16)22-26(23,24)17-9-5-13(6-10-17)20-21-15(11-18)12-19/h3-10,20,22H,2H2,1H3. The molecule has 0 saturated carbocycles. The van der Waals surface area contributed by atoms with Crippen LogP contribution in [0.5, 0.6) is 5.75 Å². The maximum Gasteiger partial charge on any atom is 0.261 e. The van der Waals surface area contributed by atoms with Crippen LogP contribution in [0.15, 0.2) is 58.5 Å². The summed E-state index contributed by atoms with van der Waals surface area (Å²) in [4.78, 5) is 0.0571. The molecule has 2 aromatic rings. The van der Waals surface area contributed by atoms with Crippen LogP contribution in [0.4, 0.5) is 11.4 Å². The van der Waals surface area contributed by atoms with Crippen molar-refractivity contribution in [1.82, 2.24) is 0 Å². The number of hydrazone groups is 1. The molecule has 0 bridgehead atoms. The van der Waals surface area contributed by atoms with Gasteiger partial charge in [-0.2, -0.15) is 15.6 Å². The molecule has 26 heavy (non-hydrogen) atoms. The highest BCUT2D eigenvalue weighted by Gasteiger charge is 2.14. The largest absolute Gasteiger partial charge is 0.494 e. The van der Waals surface area contributed by atoms with E-state index in [1.165, 1.54) is 24.3 Å². The molecule has 0 aromatic heterocycles. The molecule has 0 fully saturated rings. The maximum atomic E-state index is 12.4. The Morgan fingerprint density at radius 1 is 1.04 bits per heavy atom. The molecule has 0 atom stereocenters. The fraction of sp³-hybridized carbons (Fsp3) is 0.118. The first kappa shape index (κ1) is 18.8. The average molecular weight is 369 g/mol. The van der Waals surface area contributed by atoms with Gasteiger partial charge < -0.3 is 4.74 Å². The Labute approximate surface area is 151 Å². The zero-order chi connectivity index (χ0) is 19.0. The van der Waals surface area contributed by atoms with E-state index in [4.69, 9.17) is 15.3 Å². The van der Waals surface area contributed by atoms with Gasteiger partial charge in [-0.05, 0) is 55.5 Å². The van der Waals surface area contributed by atoms with Gasteiger partial charge in [-0.25, -0.2) is 8.42 Å². The second-order valence-electron chi connectivity index (χ2n) is 4.88. The Morgan fingerprint density at radius 3 is 2.15 bits per heavy atom. The molecule has 0 aliphatic heterocycles. The van der Waals surface area contributed by atoms with E-state index in [1.807, 2.05) is 6.92 Å². The number of rotatable bonds is 7. The van der Waals surface area contributed by atoms with Gasteiger partial charge in [-0.1, -0.05) is 0 Å². The molecule has 2 rings (SSSR count). The lowest BCUT2D eigenvalue weighted by atomic mass is 10.3. The lowest BCUT2D eigenvalue weighted by Gasteiger charge is -2.10. The number of nitriles is 2. The van der Waals surface area contributed by atoms with Gasteiger partial charge in [0.15, 0.2) is 0 Å². The third kappa shape index (κ3) is 4.97. The van der Waals surface area contributed by atoms with E-state index in [-0.39, 0.29) is 10.6 Å². The molecule has 2 N–H and O–H groups in total. The van der Waals surface area contributed by atoms with Gasteiger partial charge >= 0.3 is 0 Å². The van der Waals surface area contributed by atoms with E-state index in [0.29, 0.717) is 23.7 Å². The molecule has 8 nitrogen and oxygen atoms in total. The van der Waals surface area contributed by atoms with Gasteiger partial charge in [0.1, 0.15) is 17.9 Å². The Morgan fingerprint density at radius 2 is 1.62 bits per heavy atom. The molecule has 0 radical (unpaired) electrons. The summed E-state index contributed by atoms with van der Waals surface area (Å²) in [6.07, 6.45) is 0. The van der Waals surface area contributed by atoms with Crippen molar-refractivity contribution in [2.75, 3.05) is 16.8 Å². The number of benzene rings is 2. The summed E-state index contributed by atoms with van der Waals surface area (Å²) in [5, 5.41) is 20.8. The molecule has 9 heteroatoms. The second-order valence-corrected chi connectivity index (χ2v) is 6.57. The van der Waals surface area contributed by atoms with Crippen molar-refractivity contribution in [3.63, 3.8) is 0 Å². The fourth-order valence-corrected chi connectivity index (χ4v) is 2.96. The minimum Gasteiger partial charge on any atom is -0.494 e. The summed E-state index contributed by atoms with van der Waals surface area (Å²) in [5.41, 5.74) is 3.02. The van der Waals surface area contributed by atoms with Crippen molar-refractivity contribution in [3.8, 4) is 17.9 Å². The minimum atomic E-state index is -3.75. The summed E-state index contributed by atoms with van der Waals surface area (Å²) >= 11 is 0. The van der Waals surface area contributed by atoms with Gasteiger partial charge in [-0.3, -0.25) is 10.1 Å². The lowest BCUT2D eigenvalue weighted by Crippen LogP contribution is -2.12. The number of ether oxygens (including phenoxy) is 1. The number of anilines is 2. The van der Waals surface area contributed by atoms with E-state index >= 15 is 0 Å². The number of hydrogen-bond acceptors (Lipinski definition) is 7.